The molecule has 0 unspecified atom stereocenters. The number of piperazine rings is 1. The lowest BCUT2D eigenvalue weighted by atomic mass is 10.3. The predicted octanol–water partition coefficient (Wildman–Crippen LogP) is 1.66. The number of carbonyl (C=O) groups excluding carboxylic acids is 1. The van der Waals surface area contributed by atoms with Crippen LogP contribution in [0.2, 0.25) is 0 Å². The van der Waals surface area contributed by atoms with Crippen molar-refractivity contribution in [1.82, 2.24) is 9.80 Å². The maximum absolute atomic E-state index is 12.0. The van der Waals surface area contributed by atoms with Crippen molar-refractivity contribution in [2.45, 2.75) is 20.0 Å². The van der Waals surface area contributed by atoms with Crippen LogP contribution in [0.15, 0.2) is 24.3 Å². The summed E-state index contributed by atoms with van der Waals surface area (Å²) in [7, 11) is 2.11. The lowest BCUT2D eigenvalue weighted by Crippen LogP contribution is -2.47. The minimum atomic E-state index is 0.0390. The molecule has 5 heteroatoms. The molecular weight excluding hydrogens is 266 g/mol. The first-order valence-electron chi connectivity index (χ1n) is 7.50. The number of likely N-dealkylation sites (N-methyl/N-ethyl adjacent to an activating group) is 1. The molecule has 0 spiro atoms. The molecular formula is C16H25N3O2. The largest absolute Gasteiger partial charge is 0.491 e. The van der Waals surface area contributed by atoms with Crippen LogP contribution in [-0.4, -0.2) is 61.6 Å². The summed E-state index contributed by atoms with van der Waals surface area (Å²) < 4.78 is 5.58. The van der Waals surface area contributed by atoms with Gasteiger partial charge < -0.3 is 15.0 Å². The summed E-state index contributed by atoms with van der Waals surface area (Å²) in [6.45, 7) is 8.38. The van der Waals surface area contributed by atoms with Gasteiger partial charge in [0.1, 0.15) is 5.75 Å². The molecule has 2 rings (SSSR count). The fourth-order valence-corrected chi connectivity index (χ4v) is 2.30. The van der Waals surface area contributed by atoms with Crippen LogP contribution < -0.4 is 10.1 Å². The van der Waals surface area contributed by atoms with Crippen molar-refractivity contribution in [3.63, 3.8) is 0 Å². The number of nitrogens with one attached hydrogen (secondary N) is 1. The van der Waals surface area contributed by atoms with Gasteiger partial charge in [0.25, 0.3) is 0 Å². The Kier molecular flexibility index (Phi) is 5.59. The van der Waals surface area contributed by atoms with Crippen LogP contribution in [0.4, 0.5) is 5.69 Å². The van der Waals surface area contributed by atoms with Gasteiger partial charge in [-0.1, -0.05) is 0 Å². The number of ether oxygens (including phenoxy) is 1. The van der Waals surface area contributed by atoms with E-state index in [9.17, 15) is 4.79 Å². The molecule has 0 radical (unpaired) electrons. The van der Waals surface area contributed by atoms with Crippen molar-refractivity contribution in [2.24, 2.45) is 0 Å². The first-order chi connectivity index (χ1) is 10.0. The number of anilines is 1. The van der Waals surface area contributed by atoms with Gasteiger partial charge in [0.15, 0.2) is 0 Å². The van der Waals surface area contributed by atoms with E-state index in [0.29, 0.717) is 6.54 Å². The molecule has 1 heterocycles. The van der Waals surface area contributed by atoms with E-state index in [1.165, 1.54) is 0 Å². The summed E-state index contributed by atoms with van der Waals surface area (Å²) in [5, 5.41) is 2.93. The van der Waals surface area contributed by atoms with Gasteiger partial charge in [-0.25, -0.2) is 0 Å². The molecule has 116 valence electrons. The zero-order chi connectivity index (χ0) is 15.2. The monoisotopic (exact) mass is 291 g/mol. The molecule has 1 saturated heterocycles. The molecule has 0 atom stereocenters. The highest BCUT2D eigenvalue weighted by molar-refractivity contribution is 5.92. The van der Waals surface area contributed by atoms with E-state index in [1.807, 2.05) is 38.1 Å². The zero-order valence-corrected chi connectivity index (χ0v) is 13.1. The summed E-state index contributed by atoms with van der Waals surface area (Å²) in [5.41, 5.74) is 0.810. The van der Waals surface area contributed by atoms with Gasteiger partial charge in [-0.2, -0.15) is 0 Å². The number of rotatable bonds is 5. The number of hydrogen-bond donors (Lipinski definition) is 1. The molecule has 1 N–H and O–H groups in total. The van der Waals surface area contributed by atoms with Crippen molar-refractivity contribution < 1.29 is 9.53 Å². The summed E-state index contributed by atoms with van der Waals surface area (Å²) >= 11 is 0. The molecule has 1 aliphatic rings. The molecule has 1 aliphatic heterocycles. The fourth-order valence-electron chi connectivity index (χ4n) is 2.30. The second-order valence-corrected chi connectivity index (χ2v) is 5.82. The van der Waals surface area contributed by atoms with Gasteiger partial charge in [-0.15, -0.1) is 0 Å². The van der Waals surface area contributed by atoms with Gasteiger partial charge in [-0.05, 0) is 45.2 Å². The van der Waals surface area contributed by atoms with Crippen molar-refractivity contribution in [1.29, 1.82) is 0 Å². The lowest BCUT2D eigenvalue weighted by Gasteiger charge is -2.31. The average molecular weight is 291 g/mol. The fraction of sp³-hybridized carbons (Fsp3) is 0.562. The van der Waals surface area contributed by atoms with Crippen LogP contribution in [0.3, 0.4) is 0 Å². The number of hydrogen-bond acceptors (Lipinski definition) is 4. The van der Waals surface area contributed by atoms with E-state index in [0.717, 1.165) is 37.6 Å². The Bertz CT molecular complexity index is 451. The van der Waals surface area contributed by atoms with E-state index >= 15 is 0 Å². The summed E-state index contributed by atoms with van der Waals surface area (Å²) in [4.78, 5) is 16.5. The summed E-state index contributed by atoms with van der Waals surface area (Å²) in [5.74, 6) is 0.860. The van der Waals surface area contributed by atoms with Crippen LogP contribution in [0, 0.1) is 0 Å². The smallest absolute Gasteiger partial charge is 0.238 e. The van der Waals surface area contributed by atoms with Gasteiger partial charge in [-0.3, -0.25) is 9.69 Å². The van der Waals surface area contributed by atoms with Crippen LogP contribution in [0.5, 0.6) is 5.75 Å². The Morgan fingerprint density at radius 2 is 1.81 bits per heavy atom. The average Bonchev–Trinajstić information content (AvgIpc) is 2.43. The Balaban J connectivity index is 1.79. The van der Waals surface area contributed by atoms with Crippen LogP contribution >= 0.6 is 0 Å². The van der Waals surface area contributed by atoms with E-state index < -0.39 is 0 Å². The number of carbonyl (C=O) groups is 1. The Morgan fingerprint density at radius 3 is 2.38 bits per heavy atom. The first kappa shape index (κ1) is 15.8. The highest BCUT2D eigenvalue weighted by Gasteiger charge is 2.16. The number of benzene rings is 1. The van der Waals surface area contributed by atoms with Gasteiger partial charge in [0, 0.05) is 31.9 Å². The third-order valence-electron chi connectivity index (χ3n) is 3.47. The van der Waals surface area contributed by atoms with E-state index in [4.69, 9.17) is 4.74 Å². The minimum absolute atomic E-state index is 0.0390. The SMILES string of the molecule is CC(C)Oc1ccc(NC(=O)CN2CCN(C)CC2)cc1. The number of nitrogens with zero attached hydrogens (tertiary/aromatic N) is 2. The molecule has 0 aromatic heterocycles. The first-order valence-corrected chi connectivity index (χ1v) is 7.50. The maximum Gasteiger partial charge on any atom is 0.238 e. The molecule has 5 nitrogen and oxygen atoms in total. The summed E-state index contributed by atoms with van der Waals surface area (Å²) in [6, 6.07) is 7.51. The maximum atomic E-state index is 12.0. The second-order valence-electron chi connectivity index (χ2n) is 5.82. The van der Waals surface area contributed by atoms with Crippen molar-refractivity contribution in [3.05, 3.63) is 24.3 Å². The van der Waals surface area contributed by atoms with Gasteiger partial charge >= 0.3 is 0 Å². The van der Waals surface area contributed by atoms with Crippen molar-refractivity contribution in [3.8, 4) is 5.75 Å². The number of amides is 1. The zero-order valence-electron chi connectivity index (χ0n) is 13.1. The molecule has 1 aromatic carbocycles. The third-order valence-corrected chi connectivity index (χ3v) is 3.47. The van der Waals surface area contributed by atoms with E-state index in [1.54, 1.807) is 0 Å². The Morgan fingerprint density at radius 1 is 1.19 bits per heavy atom. The van der Waals surface area contributed by atoms with Crippen molar-refractivity contribution in [2.75, 3.05) is 45.1 Å². The minimum Gasteiger partial charge on any atom is -0.491 e. The third kappa shape index (κ3) is 5.36. The molecule has 21 heavy (non-hydrogen) atoms. The highest BCUT2D eigenvalue weighted by atomic mass is 16.5. The van der Waals surface area contributed by atoms with E-state index in [2.05, 4.69) is 22.2 Å². The van der Waals surface area contributed by atoms with Crippen LogP contribution in [-0.2, 0) is 4.79 Å². The van der Waals surface area contributed by atoms with Crippen molar-refractivity contribution >= 4 is 11.6 Å². The summed E-state index contributed by atoms with van der Waals surface area (Å²) in [6.07, 6.45) is 0.155. The van der Waals surface area contributed by atoms with Gasteiger partial charge in [0.05, 0.1) is 12.6 Å². The van der Waals surface area contributed by atoms with E-state index in [-0.39, 0.29) is 12.0 Å². The molecule has 1 aromatic rings. The standard InChI is InChI=1S/C16H25N3O2/c1-13(2)21-15-6-4-14(5-7-15)17-16(20)12-19-10-8-18(3)9-11-19/h4-7,13H,8-12H2,1-3H3,(H,17,20). The quantitative estimate of drug-likeness (QED) is 0.896. The Hall–Kier alpha value is -1.59. The second kappa shape index (κ2) is 7.43. The highest BCUT2D eigenvalue weighted by Crippen LogP contribution is 2.16. The molecule has 0 bridgehead atoms. The Labute approximate surface area is 126 Å². The molecule has 0 aliphatic carbocycles. The normalized spacial score (nSPS) is 17.0. The molecule has 1 amide bonds. The molecule has 1 fully saturated rings. The topological polar surface area (TPSA) is 44.8 Å². The lowest BCUT2D eigenvalue weighted by molar-refractivity contribution is -0.117. The predicted molar refractivity (Wildman–Crippen MR) is 84.8 cm³/mol. The molecule has 0 saturated carbocycles. The van der Waals surface area contributed by atoms with Gasteiger partial charge in [0.2, 0.25) is 5.91 Å². The van der Waals surface area contributed by atoms with Crippen LogP contribution in [0.25, 0.3) is 0 Å². The van der Waals surface area contributed by atoms with Crippen LogP contribution in [0.1, 0.15) is 13.8 Å².